The predicted molar refractivity (Wildman–Crippen MR) is 101 cm³/mol. The fraction of sp³-hybridized carbons (Fsp3) is 0.895. The van der Waals surface area contributed by atoms with Gasteiger partial charge in [-0.2, -0.15) is 0 Å². The minimum atomic E-state index is -4.17. The van der Waals surface area contributed by atoms with E-state index in [0.717, 1.165) is 12.8 Å². The maximum Gasteiger partial charge on any atom is 1.00 e. The van der Waals surface area contributed by atoms with Gasteiger partial charge in [-0.1, -0.05) is 58.3 Å². The normalized spacial score (nSPS) is 19.1. The smallest absolute Gasteiger partial charge is 0.748 e. The van der Waals surface area contributed by atoms with Crippen LogP contribution in [0, 0.1) is 0 Å². The molecule has 154 valence electrons. The summed E-state index contributed by atoms with van der Waals surface area (Å²) < 4.78 is 48.2. The van der Waals surface area contributed by atoms with E-state index in [-0.39, 0.29) is 49.2 Å². The zero-order valence-electron chi connectivity index (χ0n) is 17.3. The summed E-state index contributed by atoms with van der Waals surface area (Å²) >= 11 is 0. The van der Waals surface area contributed by atoms with Gasteiger partial charge in [0.15, 0.2) is 5.76 Å². The predicted octanol–water partition coefficient (Wildman–Crippen LogP) is 1.47. The molecule has 6 nitrogen and oxygen atoms in total. The average molecular weight is 415 g/mol. The monoisotopic (exact) mass is 414 g/mol. The Morgan fingerprint density at radius 2 is 1.63 bits per heavy atom. The van der Waals surface area contributed by atoms with Crippen molar-refractivity contribution < 1.29 is 56.7 Å². The largest absolute Gasteiger partial charge is 1.00 e. The molecular formula is C19H35NaO6S. The Morgan fingerprint density at radius 1 is 1.04 bits per heavy atom. The molecule has 0 N–H and O–H groups in total. The first-order valence-corrected chi connectivity index (χ1v) is 11.5. The second-order valence-corrected chi connectivity index (χ2v) is 8.71. The third kappa shape index (κ3) is 14.8. The molecule has 0 saturated carbocycles. The van der Waals surface area contributed by atoms with Crippen molar-refractivity contribution in [1.82, 2.24) is 0 Å². The standard InChI is InChI=1S/C19H36O6S.Na/c1-3-4-5-6-7-8-9-10-11-13-19(2)24-17-18(25-19)16-23-14-12-15-26(20,21)22;/h17H,3-16H2,1-2H3,(H,20,21,22);/q;+1/p-1. The van der Waals surface area contributed by atoms with E-state index in [2.05, 4.69) is 6.92 Å². The van der Waals surface area contributed by atoms with Gasteiger partial charge in [0, 0.05) is 25.7 Å². The molecule has 0 spiro atoms. The fourth-order valence-electron chi connectivity index (χ4n) is 2.96. The summed E-state index contributed by atoms with van der Waals surface area (Å²) in [6.45, 7) is 4.59. The summed E-state index contributed by atoms with van der Waals surface area (Å²) in [5.41, 5.74) is 0. The molecule has 1 unspecified atom stereocenters. The van der Waals surface area contributed by atoms with Gasteiger partial charge in [0.2, 0.25) is 5.79 Å². The zero-order chi connectivity index (χ0) is 19.3. The van der Waals surface area contributed by atoms with Crippen LogP contribution in [0.3, 0.4) is 0 Å². The van der Waals surface area contributed by atoms with Gasteiger partial charge < -0.3 is 18.8 Å². The minimum Gasteiger partial charge on any atom is -0.748 e. The summed E-state index contributed by atoms with van der Waals surface area (Å²) in [5, 5.41) is 0. The van der Waals surface area contributed by atoms with Crippen LogP contribution in [0.1, 0.15) is 84.5 Å². The van der Waals surface area contributed by atoms with Gasteiger partial charge in [-0.05, 0) is 12.8 Å². The van der Waals surface area contributed by atoms with Crippen molar-refractivity contribution in [1.29, 1.82) is 0 Å². The zero-order valence-corrected chi connectivity index (χ0v) is 20.2. The maximum atomic E-state index is 10.5. The van der Waals surface area contributed by atoms with Gasteiger partial charge in [0.25, 0.3) is 0 Å². The van der Waals surface area contributed by atoms with Crippen LogP contribution >= 0.6 is 0 Å². The molecular weight excluding hydrogens is 379 g/mol. The molecule has 0 aromatic carbocycles. The molecule has 8 heteroatoms. The van der Waals surface area contributed by atoms with E-state index in [9.17, 15) is 13.0 Å². The van der Waals surface area contributed by atoms with Crippen molar-refractivity contribution in [3.05, 3.63) is 12.0 Å². The van der Waals surface area contributed by atoms with Crippen molar-refractivity contribution in [2.75, 3.05) is 19.0 Å². The number of ether oxygens (including phenoxy) is 3. The summed E-state index contributed by atoms with van der Waals surface area (Å²) in [5.74, 6) is -0.425. The molecule has 0 fully saturated rings. The second kappa shape index (κ2) is 15.1. The van der Waals surface area contributed by atoms with Gasteiger partial charge in [-0.25, -0.2) is 8.42 Å². The van der Waals surface area contributed by atoms with Crippen LogP contribution in [0.5, 0.6) is 0 Å². The SMILES string of the molecule is CCCCCCCCCCCC1(C)OC=C(COCCCS(=O)(=O)[O-])O1.[Na+]. The van der Waals surface area contributed by atoms with Crippen LogP contribution < -0.4 is 29.6 Å². The third-order valence-corrected chi connectivity index (χ3v) is 5.24. The Hall–Kier alpha value is 0.210. The first kappa shape index (κ1) is 27.2. The van der Waals surface area contributed by atoms with Crippen LogP contribution in [0.25, 0.3) is 0 Å². The Kier molecular flexibility index (Phi) is 15.2. The van der Waals surface area contributed by atoms with Crippen molar-refractivity contribution in [2.24, 2.45) is 0 Å². The molecule has 0 bridgehead atoms. The average Bonchev–Trinajstić information content (AvgIpc) is 2.93. The number of rotatable bonds is 16. The van der Waals surface area contributed by atoms with E-state index in [1.165, 1.54) is 51.4 Å². The van der Waals surface area contributed by atoms with E-state index < -0.39 is 21.7 Å². The van der Waals surface area contributed by atoms with E-state index >= 15 is 0 Å². The number of unbranched alkanes of at least 4 members (excludes halogenated alkanes) is 8. The molecule has 0 aromatic rings. The molecule has 0 radical (unpaired) electrons. The van der Waals surface area contributed by atoms with Gasteiger partial charge >= 0.3 is 29.6 Å². The second-order valence-electron chi connectivity index (χ2n) is 7.18. The Bertz CT molecular complexity index is 508. The topological polar surface area (TPSA) is 84.9 Å². The quantitative estimate of drug-likeness (QED) is 0.216. The van der Waals surface area contributed by atoms with E-state index in [0.29, 0.717) is 5.76 Å². The molecule has 0 aliphatic carbocycles. The van der Waals surface area contributed by atoms with Crippen LogP contribution in [-0.2, 0) is 24.3 Å². The van der Waals surface area contributed by atoms with Crippen LogP contribution in [0.4, 0.5) is 0 Å². The van der Waals surface area contributed by atoms with Crippen molar-refractivity contribution in [2.45, 2.75) is 90.3 Å². The minimum absolute atomic E-state index is 0. The van der Waals surface area contributed by atoms with Gasteiger partial charge in [0.1, 0.15) is 12.9 Å². The Balaban J connectivity index is 0.00000676. The Morgan fingerprint density at radius 3 is 2.22 bits per heavy atom. The van der Waals surface area contributed by atoms with E-state index in [1.54, 1.807) is 6.26 Å². The molecule has 0 saturated heterocycles. The molecule has 1 atom stereocenters. The summed E-state index contributed by atoms with van der Waals surface area (Å²) in [4.78, 5) is 0. The number of hydrogen-bond donors (Lipinski definition) is 0. The third-order valence-electron chi connectivity index (χ3n) is 4.45. The van der Waals surface area contributed by atoms with Crippen LogP contribution in [-0.4, -0.2) is 37.7 Å². The first-order chi connectivity index (χ1) is 12.3. The van der Waals surface area contributed by atoms with Crippen molar-refractivity contribution >= 4 is 10.1 Å². The molecule has 1 rings (SSSR count). The molecule has 1 aliphatic heterocycles. The molecule has 0 aromatic heterocycles. The number of hydrogen-bond acceptors (Lipinski definition) is 6. The maximum absolute atomic E-state index is 10.5. The summed E-state index contributed by atoms with van der Waals surface area (Å²) in [6.07, 6.45) is 14.1. The van der Waals surface area contributed by atoms with E-state index in [1.807, 2.05) is 6.92 Å². The van der Waals surface area contributed by atoms with Gasteiger partial charge in [-0.15, -0.1) is 0 Å². The van der Waals surface area contributed by atoms with E-state index in [4.69, 9.17) is 14.2 Å². The van der Waals surface area contributed by atoms with Crippen molar-refractivity contribution in [3.8, 4) is 0 Å². The Labute approximate surface area is 187 Å². The van der Waals surface area contributed by atoms with Gasteiger partial charge in [-0.3, -0.25) is 0 Å². The van der Waals surface area contributed by atoms with Crippen LogP contribution in [0.15, 0.2) is 12.0 Å². The molecule has 0 amide bonds. The van der Waals surface area contributed by atoms with Crippen molar-refractivity contribution in [3.63, 3.8) is 0 Å². The van der Waals surface area contributed by atoms with Crippen LogP contribution in [0.2, 0.25) is 0 Å². The summed E-state index contributed by atoms with van der Waals surface area (Å²) in [7, 11) is -4.17. The summed E-state index contributed by atoms with van der Waals surface area (Å²) in [6, 6.07) is 0. The molecule has 27 heavy (non-hydrogen) atoms. The first-order valence-electron chi connectivity index (χ1n) is 9.92. The van der Waals surface area contributed by atoms with Gasteiger partial charge in [0.05, 0.1) is 10.1 Å². The molecule has 1 aliphatic rings. The molecule has 1 heterocycles. The fourth-order valence-corrected chi connectivity index (χ4v) is 3.43.